The number of unbranched alkanes of at least 4 members (excludes halogenated alkanes) is 11. The van der Waals surface area contributed by atoms with Gasteiger partial charge < -0.3 is 49.8 Å². The van der Waals surface area contributed by atoms with Crippen molar-refractivity contribution in [3.05, 3.63) is 0 Å². The summed E-state index contributed by atoms with van der Waals surface area (Å²) in [5, 5.41) is 17.9. The van der Waals surface area contributed by atoms with Gasteiger partial charge in [0.1, 0.15) is 34.5 Å². The average Bonchev–Trinajstić information content (AvgIpc) is 3.61. The largest absolute Gasteiger partial charge is 0.480 e. The third-order valence-electron chi connectivity index (χ3n) is 11.7. The minimum absolute atomic E-state index is 0.0353. The molecule has 21 heteroatoms. The summed E-state index contributed by atoms with van der Waals surface area (Å²) in [6.07, 6.45) is 11.6. The molecule has 0 saturated carbocycles. The van der Waals surface area contributed by atoms with Crippen molar-refractivity contribution in [2.45, 2.75) is 259 Å². The molecule has 1 aliphatic heterocycles. The molecule has 0 aliphatic carbocycles. The quantitative estimate of drug-likeness (QED) is 0.0199. The van der Waals surface area contributed by atoms with E-state index in [1.165, 1.54) is 9.80 Å². The highest BCUT2D eigenvalue weighted by molar-refractivity contribution is 6.05. The van der Waals surface area contributed by atoms with Crippen molar-refractivity contribution >= 4 is 59.6 Å². The number of nitrogens with zero attached hydrogens (tertiary/aromatic N) is 3. The molecule has 0 radical (unpaired) electrons. The number of imide groups is 1. The van der Waals surface area contributed by atoms with Gasteiger partial charge in [-0.25, -0.2) is 19.2 Å². The van der Waals surface area contributed by atoms with Crippen LogP contribution >= 0.6 is 0 Å². The molecule has 1 aliphatic rings. The molecular weight excluding hydrogens is 997 g/mol. The SMILES string of the molecule is CC(C)(C)OC(=O)CCCCCCCCCCCCCC(=O)NC(CCC(=O)NCCCN(CCCCN(CCCNC(=O)C[C@@H](C(=O)O)N1C(=O)CCC1=O)C(=O)OC(C)(C)C)C(=O)OC(C)(C)C)C(=O)OC(C)(C)C. The molecule has 1 heterocycles. The fraction of sp³-hybridized carbons (Fsp3) is 0.821. The molecule has 0 aromatic carbocycles. The number of carbonyl (C=O) groups excluding carboxylic acids is 9. The van der Waals surface area contributed by atoms with Crippen LogP contribution in [0.1, 0.15) is 224 Å². The van der Waals surface area contributed by atoms with Crippen LogP contribution in [0.4, 0.5) is 9.59 Å². The Morgan fingerprint density at radius 3 is 1.30 bits per heavy atom. The number of hydrogen-bond donors (Lipinski definition) is 4. The Labute approximate surface area is 459 Å². The molecule has 7 amide bonds. The van der Waals surface area contributed by atoms with Crippen LogP contribution in [0.5, 0.6) is 0 Å². The summed E-state index contributed by atoms with van der Waals surface area (Å²) < 4.78 is 22.2. The number of aliphatic carboxylic acids is 1. The Balaban J connectivity index is 2.64. The number of hydrogen-bond acceptors (Lipinski definition) is 14. The summed E-state index contributed by atoms with van der Waals surface area (Å²) in [7, 11) is 0. The molecule has 21 nitrogen and oxygen atoms in total. The van der Waals surface area contributed by atoms with E-state index in [0.717, 1.165) is 64.2 Å². The number of carboxylic acid groups (broad SMARTS) is 1. The maximum absolute atomic E-state index is 13.3. The number of nitrogens with one attached hydrogen (secondary N) is 3. The van der Waals surface area contributed by atoms with Gasteiger partial charge in [-0.2, -0.15) is 0 Å². The second-order valence-corrected chi connectivity index (χ2v) is 23.9. The van der Waals surface area contributed by atoms with Crippen molar-refractivity contribution < 1.29 is 72.0 Å². The molecule has 0 aromatic rings. The molecule has 0 bridgehead atoms. The lowest BCUT2D eigenvalue weighted by Gasteiger charge is -2.29. The highest BCUT2D eigenvalue weighted by Gasteiger charge is 2.40. The second kappa shape index (κ2) is 35.1. The van der Waals surface area contributed by atoms with Gasteiger partial charge >= 0.3 is 30.1 Å². The lowest BCUT2D eigenvalue weighted by molar-refractivity contribution is -0.159. The van der Waals surface area contributed by atoms with E-state index in [1.54, 1.807) is 62.3 Å². The maximum atomic E-state index is 13.3. The average molecular weight is 1100 g/mol. The highest BCUT2D eigenvalue weighted by Crippen LogP contribution is 2.20. The fourth-order valence-electron chi connectivity index (χ4n) is 8.11. The fourth-order valence-corrected chi connectivity index (χ4v) is 8.11. The van der Waals surface area contributed by atoms with E-state index in [4.69, 9.17) is 18.9 Å². The molecule has 442 valence electrons. The van der Waals surface area contributed by atoms with E-state index in [9.17, 15) is 53.1 Å². The van der Waals surface area contributed by atoms with Crippen LogP contribution in [0.3, 0.4) is 0 Å². The Morgan fingerprint density at radius 2 is 0.883 bits per heavy atom. The number of ether oxygens (including phenoxy) is 4. The molecule has 0 spiro atoms. The van der Waals surface area contributed by atoms with Crippen LogP contribution < -0.4 is 16.0 Å². The van der Waals surface area contributed by atoms with Crippen LogP contribution in [0.15, 0.2) is 0 Å². The molecule has 2 atom stereocenters. The molecule has 77 heavy (non-hydrogen) atoms. The Morgan fingerprint density at radius 1 is 0.494 bits per heavy atom. The molecule has 1 rings (SSSR count). The first-order valence-corrected chi connectivity index (χ1v) is 28.1. The summed E-state index contributed by atoms with van der Waals surface area (Å²) in [5.41, 5.74) is -2.82. The predicted molar refractivity (Wildman–Crippen MR) is 290 cm³/mol. The molecular formula is C56H98N6O15. The van der Waals surface area contributed by atoms with Crippen LogP contribution in [0, 0.1) is 0 Å². The van der Waals surface area contributed by atoms with E-state index in [-0.39, 0.29) is 95.6 Å². The van der Waals surface area contributed by atoms with Crippen molar-refractivity contribution in [3.63, 3.8) is 0 Å². The van der Waals surface area contributed by atoms with Gasteiger partial charge in [-0.1, -0.05) is 57.8 Å². The van der Waals surface area contributed by atoms with Gasteiger partial charge in [-0.15, -0.1) is 0 Å². The van der Waals surface area contributed by atoms with Crippen LogP contribution in [-0.2, 0) is 57.3 Å². The van der Waals surface area contributed by atoms with Crippen molar-refractivity contribution in [3.8, 4) is 0 Å². The van der Waals surface area contributed by atoms with Gasteiger partial charge in [0.2, 0.25) is 29.5 Å². The summed E-state index contributed by atoms with van der Waals surface area (Å²) in [5.74, 6) is -4.79. The van der Waals surface area contributed by atoms with Gasteiger partial charge in [0.25, 0.3) is 0 Å². The number of rotatable bonds is 36. The Kier molecular flexibility index (Phi) is 31.7. The molecule has 4 N–H and O–H groups in total. The Hall–Kier alpha value is -5.50. The summed E-state index contributed by atoms with van der Waals surface area (Å²) >= 11 is 0. The summed E-state index contributed by atoms with van der Waals surface area (Å²) in [6, 6.07) is -2.62. The zero-order chi connectivity index (χ0) is 58.4. The first kappa shape index (κ1) is 69.5. The lowest BCUT2D eigenvalue weighted by Crippen LogP contribution is -2.47. The minimum atomic E-state index is -1.61. The minimum Gasteiger partial charge on any atom is -0.480 e. The van der Waals surface area contributed by atoms with Crippen molar-refractivity contribution in [2.24, 2.45) is 0 Å². The topological polar surface area (TPSA) is 274 Å². The molecule has 0 aromatic heterocycles. The second-order valence-electron chi connectivity index (χ2n) is 23.9. The van der Waals surface area contributed by atoms with E-state index in [1.807, 2.05) is 20.8 Å². The maximum Gasteiger partial charge on any atom is 0.410 e. The number of carbonyl (C=O) groups is 10. The summed E-state index contributed by atoms with van der Waals surface area (Å²) in [6.45, 7) is 22.5. The van der Waals surface area contributed by atoms with E-state index < -0.39 is 82.8 Å². The molecule has 1 saturated heterocycles. The standard InChI is InChI=1S/C56H98N6O15/c1-53(2,3)74-48(68)29-23-21-19-17-15-13-14-16-18-20-22-28-44(64)59-41(50(71)75-54(4,5)6)30-31-43(63)57-34-26-38-60(51(72)76-55(7,8)9)36-24-25-37-61(52(73)77-56(10,11)12)39-27-35-58-45(65)40-42(49(69)70)62-46(66)32-33-47(62)67/h41-42H,13-40H2,1-12H3,(H,57,63)(H,58,65)(H,59,64)(H,69,70)/t41?,42-/m0/s1. The third-order valence-corrected chi connectivity index (χ3v) is 11.7. The number of esters is 2. The van der Waals surface area contributed by atoms with Crippen LogP contribution in [-0.4, -0.2) is 153 Å². The summed E-state index contributed by atoms with van der Waals surface area (Å²) in [4.78, 5) is 130. The van der Waals surface area contributed by atoms with Crippen molar-refractivity contribution in [1.82, 2.24) is 30.7 Å². The first-order valence-electron chi connectivity index (χ1n) is 28.1. The van der Waals surface area contributed by atoms with Gasteiger partial charge in [-0.05, 0) is 128 Å². The smallest absolute Gasteiger partial charge is 0.410 e. The van der Waals surface area contributed by atoms with Crippen molar-refractivity contribution in [2.75, 3.05) is 39.3 Å². The van der Waals surface area contributed by atoms with E-state index in [0.29, 0.717) is 37.0 Å². The van der Waals surface area contributed by atoms with E-state index >= 15 is 0 Å². The van der Waals surface area contributed by atoms with Gasteiger partial charge in [0.05, 0.1) is 6.42 Å². The zero-order valence-electron chi connectivity index (χ0n) is 49.0. The number of carboxylic acids is 1. The highest BCUT2D eigenvalue weighted by atomic mass is 16.6. The van der Waals surface area contributed by atoms with Gasteiger partial charge in [0, 0.05) is 71.4 Å². The number of likely N-dealkylation sites (tertiary alicyclic amines) is 1. The van der Waals surface area contributed by atoms with Gasteiger partial charge in [-0.3, -0.25) is 33.7 Å². The lowest BCUT2D eigenvalue weighted by atomic mass is 10.0. The predicted octanol–water partition coefficient (Wildman–Crippen LogP) is 8.27. The van der Waals surface area contributed by atoms with Crippen molar-refractivity contribution in [1.29, 1.82) is 0 Å². The van der Waals surface area contributed by atoms with Gasteiger partial charge in [0.15, 0.2) is 0 Å². The molecule has 1 unspecified atom stereocenters. The first-order chi connectivity index (χ1) is 35.8. The monoisotopic (exact) mass is 1090 g/mol. The third kappa shape index (κ3) is 34.8. The van der Waals surface area contributed by atoms with Crippen LogP contribution in [0.2, 0.25) is 0 Å². The number of amides is 7. The Bertz CT molecular complexity index is 1880. The molecule has 1 fully saturated rings. The van der Waals surface area contributed by atoms with Crippen LogP contribution in [0.25, 0.3) is 0 Å². The van der Waals surface area contributed by atoms with E-state index in [2.05, 4.69) is 16.0 Å². The normalized spacial score (nSPS) is 13.8. The zero-order valence-corrected chi connectivity index (χ0v) is 49.0.